The molecule has 3 aromatic carbocycles. The van der Waals surface area contributed by atoms with E-state index in [1.165, 1.54) is 43.5 Å². The zero-order valence-corrected chi connectivity index (χ0v) is 16.9. The number of carbonyl (C=O) groups excluding carboxylic acids is 2. The van der Waals surface area contributed by atoms with Gasteiger partial charge in [0.15, 0.2) is 0 Å². The van der Waals surface area contributed by atoms with Crippen LogP contribution in [0.2, 0.25) is 5.02 Å². The van der Waals surface area contributed by atoms with E-state index in [0.29, 0.717) is 17.0 Å². The first kappa shape index (κ1) is 20.6. The third-order valence-corrected chi connectivity index (χ3v) is 5.03. The van der Waals surface area contributed by atoms with Crippen LogP contribution in [0.1, 0.15) is 5.56 Å². The molecular formula is C23H15ClF2N2O3. The van der Waals surface area contributed by atoms with Crippen molar-refractivity contribution in [1.29, 1.82) is 0 Å². The maximum atomic E-state index is 13.6. The van der Waals surface area contributed by atoms with Gasteiger partial charge >= 0.3 is 0 Å². The molecule has 2 amide bonds. The first-order valence-corrected chi connectivity index (χ1v) is 9.52. The second-order valence-electron chi connectivity index (χ2n) is 6.63. The van der Waals surface area contributed by atoms with Crippen molar-refractivity contribution in [3.05, 3.63) is 94.6 Å². The summed E-state index contributed by atoms with van der Waals surface area (Å²) in [5.74, 6) is -2.03. The molecule has 156 valence electrons. The maximum absolute atomic E-state index is 13.6. The number of hydrogen-bond donors (Lipinski definition) is 1. The minimum Gasteiger partial charge on any atom is -0.495 e. The van der Waals surface area contributed by atoms with Crippen LogP contribution < -0.4 is 15.0 Å². The van der Waals surface area contributed by atoms with Crippen molar-refractivity contribution in [2.75, 3.05) is 17.3 Å². The molecule has 0 saturated heterocycles. The van der Waals surface area contributed by atoms with Gasteiger partial charge in [-0.3, -0.25) is 9.59 Å². The molecule has 3 aromatic rings. The zero-order valence-electron chi connectivity index (χ0n) is 16.2. The molecule has 4 rings (SSSR count). The molecule has 0 fully saturated rings. The van der Waals surface area contributed by atoms with Crippen LogP contribution in [0.25, 0.3) is 5.57 Å². The number of ether oxygens (including phenoxy) is 1. The molecule has 5 nitrogen and oxygen atoms in total. The number of methoxy groups -OCH3 is 1. The minimum absolute atomic E-state index is 0.0263. The van der Waals surface area contributed by atoms with E-state index in [1.807, 2.05) is 0 Å². The van der Waals surface area contributed by atoms with Crippen LogP contribution in [0.15, 0.2) is 72.4 Å². The highest BCUT2D eigenvalue weighted by molar-refractivity contribution is 6.46. The Balaban J connectivity index is 1.84. The van der Waals surface area contributed by atoms with Gasteiger partial charge in [0.05, 0.1) is 29.1 Å². The van der Waals surface area contributed by atoms with Gasteiger partial charge < -0.3 is 10.1 Å². The number of nitrogens with one attached hydrogen (secondary N) is 1. The minimum atomic E-state index is -0.677. The lowest BCUT2D eigenvalue weighted by atomic mass is 10.0. The zero-order chi connectivity index (χ0) is 22.1. The highest BCUT2D eigenvalue weighted by Gasteiger charge is 2.40. The van der Waals surface area contributed by atoms with Crippen LogP contribution in [0.5, 0.6) is 5.75 Å². The van der Waals surface area contributed by atoms with E-state index in [2.05, 4.69) is 5.32 Å². The van der Waals surface area contributed by atoms with Gasteiger partial charge in [-0.05, 0) is 48.0 Å². The topological polar surface area (TPSA) is 58.6 Å². The monoisotopic (exact) mass is 440 g/mol. The summed E-state index contributed by atoms with van der Waals surface area (Å²) in [6.07, 6.45) is 0. The van der Waals surface area contributed by atoms with Gasteiger partial charge in [0, 0.05) is 0 Å². The van der Waals surface area contributed by atoms with Gasteiger partial charge in [-0.25, -0.2) is 13.7 Å². The van der Waals surface area contributed by atoms with E-state index < -0.39 is 23.4 Å². The third-order valence-electron chi connectivity index (χ3n) is 4.74. The Hall–Kier alpha value is -3.71. The maximum Gasteiger partial charge on any atom is 0.282 e. The van der Waals surface area contributed by atoms with Gasteiger partial charge in [-0.1, -0.05) is 35.9 Å². The smallest absolute Gasteiger partial charge is 0.282 e. The number of anilines is 2. The van der Waals surface area contributed by atoms with E-state index in [9.17, 15) is 18.4 Å². The fourth-order valence-electron chi connectivity index (χ4n) is 3.27. The van der Waals surface area contributed by atoms with Crippen LogP contribution in [0, 0.1) is 11.6 Å². The highest BCUT2D eigenvalue weighted by atomic mass is 35.5. The Morgan fingerprint density at radius 2 is 1.65 bits per heavy atom. The molecule has 1 heterocycles. The van der Waals surface area contributed by atoms with E-state index in [4.69, 9.17) is 16.3 Å². The van der Waals surface area contributed by atoms with Crippen molar-refractivity contribution in [3.8, 4) is 5.75 Å². The molecule has 0 aliphatic carbocycles. The molecule has 0 saturated carbocycles. The second-order valence-corrected chi connectivity index (χ2v) is 7.03. The Bertz CT molecular complexity index is 1230. The predicted octanol–water partition coefficient (Wildman–Crippen LogP) is 5.02. The second kappa shape index (κ2) is 8.20. The normalized spacial score (nSPS) is 13.7. The molecule has 1 N–H and O–H groups in total. The number of halogens is 3. The molecule has 0 atom stereocenters. The molecular weight excluding hydrogens is 426 g/mol. The Labute approximate surface area is 181 Å². The first-order chi connectivity index (χ1) is 14.9. The number of rotatable bonds is 5. The van der Waals surface area contributed by atoms with Crippen LogP contribution in [-0.2, 0) is 9.59 Å². The van der Waals surface area contributed by atoms with Crippen LogP contribution >= 0.6 is 11.6 Å². The molecule has 0 radical (unpaired) electrons. The average molecular weight is 441 g/mol. The number of para-hydroxylation sites is 2. The number of nitrogens with zero attached hydrogens (tertiary/aromatic N) is 1. The summed E-state index contributed by atoms with van der Waals surface area (Å²) < 4.78 is 32.4. The summed E-state index contributed by atoms with van der Waals surface area (Å²) in [7, 11) is 1.48. The molecule has 0 aromatic heterocycles. The molecule has 1 aliphatic heterocycles. The van der Waals surface area contributed by atoms with Crippen molar-refractivity contribution in [1.82, 2.24) is 0 Å². The lowest BCUT2D eigenvalue weighted by Gasteiger charge is -2.16. The summed E-state index contributed by atoms with van der Waals surface area (Å²) in [5, 5.41) is 2.74. The largest absolute Gasteiger partial charge is 0.495 e. The molecule has 0 unspecified atom stereocenters. The summed E-state index contributed by atoms with van der Waals surface area (Å²) in [4.78, 5) is 27.5. The molecule has 0 spiro atoms. The fourth-order valence-corrected chi connectivity index (χ4v) is 3.45. The van der Waals surface area contributed by atoms with Crippen molar-refractivity contribution < 1.29 is 23.1 Å². The molecule has 31 heavy (non-hydrogen) atoms. The summed E-state index contributed by atoms with van der Waals surface area (Å²) >= 11 is 5.85. The van der Waals surface area contributed by atoms with Crippen molar-refractivity contribution in [2.24, 2.45) is 0 Å². The number of benzene rings is 3. The quantitative estimate of drug-likeness (QED) is 0.566. The predicted molar refractivity (Wildman–Crippen MR) is 114 cm³/mol. The standard InChI is InChI=1S/C23H15ClF2N2O3/c1-31-19-5-3-2-4-18(19)27-21-20(13-6-8-14(25)9-7-13)22(29)28(23(21)30)15-10-11-17(26)16(24)12-15/h2-12,27H,1H3. The number of imide groups is 1. The average Bonchev–Trinajstić information content (AvgIpc) is 3.01. The molecule has 1 aliphatic rings. The van der Waals surface area contributed by atoms with Gasteiger partial charge in [0.2, 0.25) is 0 Å². The van der Waals surface area contributed by atoms with E-state index >= 15 is 0 Å². The number of hydrogen-bond acceptors (Lipinski definition) is 4. The summed E-state index contributed by atoms with van der Waals surface area (Å²) in [6.45, 7) is 0. The third kappa shape index (κ3) is 3.75. The van der Waals surface area contributed by atoms with Crippen LogP contribution in [0.4, 0.5) is 20.2 Å². The SMILES string of the molecule is COc1ccccc1NC1=C(c2ccc(F)cc2)C(=O)N(c2ccc(F)c(Cl)c2)C1=O. The van der Waals surface area contributed by atoms with Gasteiger partial charge in [0.1, 0.15) is 23.1 Å². The van der Waals surface area contributed by atoms with Gasteiger partial charge in [0.25, 0.3) is 11.8 Å². The van der Waals surface area contributed by atoms with Crippen LogP contribution in [0.3, 0.4) is 0 Å². The molecule has 0 bridgehead atoms. The van der Waals surface area contributed by atoms with Gasteiger partial charge in [-0.15, -0.1) is 0 Å². The van der Waals surface area contributed by atoms with Crippen LogP contribution in [-0.4, -0.2) is 18.9 Å². The number of amides is 2. The van der Waals surface area contributed by atoms with Crippen molar-refractivity contribution in [3.63, 3.8) is 0 Å². The fraction of sp³-hybridized carbons (Fsp3) is 0.0435. The lowest BCUT2D eigenvalue weighted by Crippen LogP contribution is -2.32. The highest BCUT2D eigenvalue weighted by Crippen LogP contribution is 2.36. The Morgan fingerprint density at radius 1 is 0.935 bits per heavy atom. The molecule has 8 heteroatoms. The number of carbonyl (C=O) groups is 2. The van der Waals surface area contributed by atoms with Crippen molar-refractivity contribution >= 4 is 40.4 Å². The van der Waals surface area contributed by atoms with E-state index in [-0.39, 0.29) is 22.0 Å². The summed E-state index contributed by atoms with van der Waals surface area (Å²) in [6, 6.07) is 15.6. The lowest BCUT2D eigenvalue weighted by molar-refractivity contribution is -0.120. The Morgan fingerprint density at radius 3 is 2.32 bits per heavy atom. The van der Waals surface area contributed by atoms with E-state index in [1.54, 1.807) is 24.3 Å². The summed E-state index contributed by atoms with van der Waals surface area (Å²) in [5.41, 5.74) is 0.920. The van der Waals surface area contributed by atoms with E-state index in [0.717, 1.165) is 11.0 Å². The first-order valence-electron chi connectivity index (χ1n) is 9.15. The van der Waals surface area contributed by atoms with Crippen molar-refractivity contribution in [2.45, 2.75) is 0 Å². The Kier molecular flexibility index (Phi) is 5.44. The van der Waals surface area contributed by atoms with Gasteiger partial charge in [-0.2, -0.15) is 0 Å².